The van der Waals surface area contributed by atoms with Crippen molar-refractivity contribution >= 4 is 39.7 Å². The fraction of sp³-hybridized carbons (Fsp3) is 0.190. The molecule has 2 heterocycles. The first-order valence-corrected chi connectivity index (χ1v) is 9.30. The van der Waals surface area contributed by atoms with Gasteiger partial charge < -0.3 is 5.32 Å². The van der Waals surface area contributed by atoms with Crippen LogP contribution in [0.3, 0.4) is 0 Å². The number of hydrogen-bond donors (Lipinski definition) is 1. The molecule has 0 aliphatic heterocycles. The van der Waals surface area contributed by atoms with Crippen LogP contribution in [0.15, 0.2) is 42.5 Å². The Labute approximate surface area is 166 Å². The van der Waals surface area contributed by atoms with Crippen LogP contribution in [0.1, 0.15) is 23.4 Å². The first kappa shape index (κ1) is 18.4. The molecule has 0 fully saturated rings. The Kier molecular flexibility index (Phi) is 4.73. The monoisotopic (exact) mass is 396 g/mol. The molecule has 0 aliphatic carbocycles. The highest BCUT2D eigenvalue weighted by Crippen LogP contribution is 2.24. The quantitative estimate of drug-likeness (QED) is 0.535. The van der Waals surface area contributed by atoms with Gasteiger partial charge in [-0.05, 0) is 56.2 Å². The summed E-state index contributed by atoms with van der Waals surface area (Å²) in [5, 5.41) is 8.53. The van der Waals surface area contributed by atoms with Crippen LogP contribution in [0, 0.1) is 19.7 Å². The number of nitrogens with one attached hydrogen (secondary N) is 1. The summed E-state index contributed by atoms with van der Waals surface area (Å²) in [5.74, 6) is -0.640. The maximum Gasteiger partial charge on any atom is 0.224 e. The zero-order chi connectivity index (χ0) is 19.8. The second-order valence-electron chi connectivity index (χ2n) is 6.69. The summed E-state index contributed by atoms with van der Waals surface area (Å²) >= 11 is 5.97. The highest BCUT2D eigenvalue weighted by molar-refractivity contribution is 6.33. The van der Waals surface area contributed by atoms with Crippen LogP contribution in [0.2, 0.25) is 5.02 Å². The minimum atomic E-state index is -0.444. The average Bonchev–Trinajstić information content (AvgIpc) is 3.03. The Bertz CT molecular complexity index is 1220. The van der Waals surface area contributed by atoms with Crippen molar-refractivity contribution in [3.8, 4) is 0 Å². The maximum absolute atomic E-state index is 13.1. The molecule has 0 atom stereocenters. The number of aryl methyl sites for hydroxylation is 2. The molecule has 4 rings (SSSR count). The zero-order valence-electron chi connectivity index (χ0n) is 15.5. The number of carbonyl (C=O) groups is 1. The molecule has 0 spiro atoms. The number of aromatic nitrogens is 3. The molecule has 0 bridgehead atoms. The number of rotatable bonds is 4. The number of fused-ring (bicyclic) bond motifs is 3. The van der Waals surface area contributed by atoms with Gasteiger partial charge in [-0.1, -0.05) is 23.7 Å². The Hall–Kier alpha value is -2.99. The van der Waals surface area contributed by atoms with Crippen LogP contribution in [0.4, 0.5) is 10.1 Å². The number of amides is 1. The normalized spacial score (nSPS) is 11.3. The summed E-state index contributed by atoms with van der Waals surface area (Å²) in [6, 6.07) is 11.8. The van der Waals surface area contributed by atoms with Gasteiger partial charge in [0.1, 0.15) is 5.82 Å². The number of halogens is 2. The molecule has 2 aromatic heterocycles. The number of hydrogen-bond acceptors (Lipinski definition) is 3. The lowest BCUT2D eigenvalue weighted by Crippen LogP contribution is -2.14. The van der Waals surface area contributed by atoms with Gasteiger partial charge in [-0.15, -0.1) is 0 Å². The van der Waals surface area contributed by atoms with Crippen molar-refractivity contribution in [1.29, 1.82) is 0 Å². The summed E-state index contributed by atoms with van der Waals surface area (Å²) in [6.07, 6.45) is 0.769. The first-order valence-electron chi connectivity index (χ1n) is 8.92. The van der Waals surface area contributed by atoms with Crippen LogP contribution in [-0.4, -0.2) is 20.5 Å². The predicted octanol–water partition coefficient (Wildman–Crippen LogP) is 4.86. The van der Waals surface area contributed by atoms with E-state index >= 15 is 0 Å². The van der Waals surface area contributed by atoms with E-state index in [0.29, 0.717) is 12.1 Å². The van der Waals surface area contributed by atoms with Gasteiger partial charge >= 0.3 is 0 Å². The molecule has 0 saturated carbocycles. The van der Waals surface area contributed by atoms with Gasteiger partial charge in [0.05, 0.1) is 16.2 Å². The maximum atomic E-state index is 13.1. The molecule has 0 aliphatic rings. The lowest BCUT2D eigenvalue weighted by Gasteiger charge is -2.12. The van der Waals surface area contributed by atoms with E-state index in [0.717, 1.165) is 33.5 Å². The minimum Gasteiger partial charge on any atom is -0.325 e. The third-order valence-electron chi connectivity index (χ3n) is 4.83. The minimum absolute atomic E-state index is 0.173. The molecule has 0 unspecified atom stereocenters. The molecule has 1 N–H and O–H groups in total. The molecule has 0 saturated heterocycles. The Morgan fingerprint density at radius 3 is 2.79 bits per heavy atom. The second-order valence-corrected chi connectivity index (χ2v) is 7.09. The van der Waals surface area contributed by atoms with Crippen LogP contribution < -0.4 is 5.32 Å². The van der Waals surface area contributed by atoms with Crippen molar-refractivity contribution in [2.24, 2.45) is 0 Å². The number of nitrogens with zero attached hydrogens (tertiary/aromatic N) is 3. The third kappa shape index (κ3) is 3.31. The topological polar surface area (TPSA) is 59.3 Å². The van der Waals surface area contributed by atoms with E-state index in [9.17, 15) is 9.18 Å². The van der Waals surface area contributed by atoms with E-state index in [2.05, 4.69) is 10.4 Å². The fourth-order valence-electron chi connectivity index (χ4n) is 3.38. The first-order chi connectivity index (χ1) is 13.4. The molecule has 4 aromatic rings. The van der Waals surface area contributed by atoms with Gasteiger partial charge in [0, 0.05) is 23.2 Å². The smallest absolute Gasteiger partial charge is 0.224 e. The molecule has 7 heteroatoms. The number of benzene rings is 2. The van der Waals surface area contributed by atoms with Crippen molar-refractivity contribution in [2.45, 2.75) is 26.7 Å². The van der Waals surface area contributed by atoms with E-state index in [1.807, 2.05) is 42.6 Å². The van der Waals surface area contributed by atoms with E-state index in [1.165, 1.54) is 18.2 Å². The number of anilines is 1. The summed E-state index contributed by atoms with van der Waals surface area (Å²) < 4.78 is 15.0. The lowest BCUT2D eigenvalue weighted by atomic mass is 10.1. The van der Waals surface area contributed by atoms with Crippen LogP contribution in [0.25, 0.3) is 16.6 Å². The van der Waals surface area contributed by atoms with Crippen molar-refractivity contribution in [2.75, 3.05) is 5.32 Å². The van der Waals surface area contributed by atoms with E-state index in [-0.39, 0.29) is 17.4 Å². The summed E-state index contributed by atoms with van der Waals surface area (Å²) in [7, 11) is 0. The average molecular weight is 397 g/mol. The highest BCUT2D eigenvalue weighted by atomic mass is 35.5. The second kappa shape index (κ2) is 7.20. The predicted molar refractivity (Wildman–Crippen MR) is 108 cm³/mol. The van der Waals surface area contributed by atoms with Crippen LogP contribution in [0.5, 0.6) is 0 Å². The van der Waals surface area contributed by atoms with Crippen LogP contribution >= 0.6 is 11.6 Å². The zero-order valence-corrected chi connectivity index (χ0v) is 16.2. The molecular formula is C21H18ClFN4O. The van der Waals surface area contributed by atoms with Crippen molar-refractivity contribution < 1.29 is 9.18 Å². The summed E-state index contributed by atoms with van der Waals surface area (Å²) in [6.45, 7) is 3.93. The standard InChI is InChI=1S/C21H18ClFN4O/c1-12-15(8-10-20(28)25-19-9-7-14(23)11-17(19)22)13(2)27-21(24-12)16-5-3-4-6-18(16)26-27/h3-7,9,11H,8,10H2,1-2H3,(H,25,28). The molecular weight excluding hydrogens is 379 g/mol. The van der Waals surface area contributed by atoms with E-state index < -0.39 is 5.82 Å². The van der Waals surface area contributed by atoms with Gasteiger partial charge in [0.2, 0.25) is 5.91 Å². The van der Waals surface area contributed by atoms with E-state index in [4.69, 9.17) is 16.6 Å². The molecule has 0 radical (unpaired) electrons. The molecule has 1 amide bonds. The van der Waals surface area contributed by atoms with Gasteiger partial charge in [-0.25, -0.2) is 13.9 Å². The third-order valence-corrected chi connectivity index (χ3v) is 5.14. The lowest BCUT2D eigenvalue weighted by molar-refractivity contribution is -0.116. The molecule has 2 aromatic carbocycles. The van der Waals surface area contributed by atoms with Gasteiger partial charge in [0.15, 0.2) is 5.65 Å². The Morgan fingerprint density at radius 1 is 1.21 bits per heavy atom. The Balaban J connectivity index is 1.57. The van der Waals surface area contributed by atoms with Crippen molar-refractivity contribution in [1.82, 2.24) is 14.6 Å². The molecule has 142 valence electrons. The Morgan fingerprint density at radius 2 is 2.00 bits per heavy atom. The van der Waals surface area contributed by atoms with Gasteiger partial charge in [0.25, 0.3) is 0 Å². The van der Waals surface area contributed by atoms with Gasteiger partial charge in [-0.2, -0.15) is 5.10 Å². The van der Waals surface area contributed by atoms with Crippen molar-refractivity contribution in [3.05, 3.63) is 70.3 Å². The molecule has 28 heavy (non-hydrogen) atoms. The SMILES string of the molecule is Cc1nc2c3ccccc3nn2c(C)c1CCC(=O)Nc1ccc(F)cc1Cl. The van der Waals surface area contributed by atoms with Crippen LogP contribution in [-0.2, 0) is 11.2 Å². The summed E-state index contributed by atoms with van der Waals surface area (Å²) in [5.41, 5.74) is 4.93. The fourth-order valence-corrected chi connectivity index (χ4v) is 3.59. The van der Waals surface area contributed by atoms with Crippen molar-refractivity contribution in [3.63, 3.8) is 0 Å². The largest absolute Gasteiger partial charge is 0.325 e. The van der Waals surface area contributed by atoms with E-state index in [1.54, 1.807) is 0 Å². The highest BCUT2D eigenvalue weighted by Gasteiger charge is 2.15. The summed E-state index contributed by atoms with van der Waals surface area (Å²) in [4.78, 5) is 17.1. The van der Waals surface area contributed by atoms with Gasteiger partial charge in [-0.3, -0.25) is 4.79 Å². The number of carbonyl (C=O) groups excluding carboxylic acids is 1. The molecule has 5 nitrogen and oxygen atoms in total.